The van der Waals surface area contributed by atoms with Crippen LogP contribution >= 0.6 is 0 Å². The Kier molecular flexibility index (Phi) is 4.35. The summed E-state index contributed by atoms with van der Waals surface area (Å²) in [4.78, 5) is 4.11. The van der Waals surface area contributed by atoms with Crippen molar-refractivity contribution in [1.82, 2.24) is 15.2 Å². The molecule has 0 saturated carbocycles. The summed E-state index contributed by atoms with van der Waals surface area (Å²) >= 11 is 0. The van der Waals surface area contributed by atoms with Gasteiger partial charge in [-0.2, -0.15) is 10.2 Å². The molecule has 0 unspecified atom stereocenters. The number of hydrogen-bond donors (Lipinski definition) is 0. The average molecular weight is 217 g/mol. The highest BCUT2D eigenvalue weighted by atomic mass is 15.1. The Hall–Kier alpha value is -1.51. The van der Waals surface area contributed by atoms with Gasteiger partial charge in [-0.3, -0.25) is 4.98 Å². The van der Waals surface area contributed by atoms with Gasteiger partial charge in [-0.25, -0.2) is 0 Å². The van der Waals surface area contributed by atoms with Crippen molar-refractivity contribution in [1.29, 1.82) is 0 Å². The quantitative estimate of drug-likeness (QED) is 0.734. The summed E-state index contributed by atoms with van der Waals surface area (Å²) in [6.07, 6.45) is 3.65. The number of hydrogen-bond acceptors (Lipinski definition) is 3. The molecule has 2 heterocycles. The van der Waals surface area contributed by atoms with Crippen LogP contribution in [0, 0.1) is 6.92 Å². The highest BCUT2D eigenvalue weighted by Crippen LogP contribution is 2.22. The zero-order chi connectivity index (χ0) is 12.1. The molecule has 0 aromatic carbocycles. The molecule has 0 bridgehead atoms. The Bertz CT molecular complexity index is 464. The fraction of sp³-hybridized carbons (Fsp3) is 0.462. The van der Waals surface area contributed by atoms with E-state index >= 15 is 0 Å². The molecule has 0 N–H and O–H groups in total. The van der Waals surface area contributed by atoms with E-state index in [0.717, 1.165) is 16.8 Å². The van der Waals surface area contributed by atoms with Crippen molar-refractivity contribution in [3.63, 3.8) is 0 Å². The van der Waals surface area contributed by atoms with Gasteiger partial charge in [0.05, 0.1) is 11.4 Å². The van der Waals surface area contributed by atoms with E-state index in [1.54, 1.807) is 6.20 Å². The summed E-state index contributed by atoms with van der Waals surface area (Å²) in [7, 11) is 0. The third-order valence-electron chi connectivity index (χ3n) is 2.34. The van der Waals surface area contributed by atoms with Crippen molar-refractivity contribution in [3.05, 3.63) is 29.8 Å². The lowest BCUT2D eigenvalue weighted by molar-refractivity contribution is 0.792. The van der Waals surface area contributed by atoms with Gasteiger partial charge < -0.3 is 0 Å². The molecule has 3 heteroatoms. The van der Waals surface area contributed by atoms with E-state index < -0.39 is 0 Å². The van der Waals surface area contributed by atoms with Crippen molar-refractivity contribution in [2.24, 2.45) is 0 Å². The van der Waals surface area contributed by atoms with Crippen LogP contribution in [-0.4, -0.2) is 15.2 Å². The smallest absolute Gasteiger partial charge is 0.0735 e. The van der Waals surface area contributed by atoms with Gasteiger partial charge in [0.2, 0.25) is 0 Å². The van der Waals surface area contributed by atoms with Crippen molar-refractivity contribution >= 4 is 10.8 Å². The normalized spacial score (nSPS) is 10.1. The van der Waals surface area contributed by atoms with Crippen LogP contribution < -0.4 is 0 Å². The summed E-state index contributed by atoms with van der Waals surface area (Å²) in [5.74, 6) is 0.396. The van der Waals surface area contributed by atoms with Gasteiger partial charge in [-0.05, 0) is 18.9 Å². The number of fused-ring (bicyclic) bond motifs is 1. The molecule has 0 aliphatic rings. The molecule has 0 aliphatic heterocycles. The second kappa shape index (κ2) is 5.54. The lowest BCUT2D eigenvalue weighted by Gasteiger charge is -2.08. The molecule has 2 rings (SSSR count). The molecule has 86 valence electrons. The second-order valence-electron chi connectivity index (χ2n) is 3.75. The SMILES string of the molecule is CC.Cc1nnc(C(C)C)c2ccncc12. The fourth-order valence-electron chi connectivity index (χ4n) is 1.57. The van der Waals surface area contributed by atoms with Gasteiger partial charge in [-0.15, -0.1) is 0 Å². The first-order valence-corrected chi connectivity index (χ1v) is 5.77. The van der Waals surface area contributed by atoms with E-state index in [4.69, 9.17) is 0 Å². The van der Waals surface area contributed by atoms with Gasteiger partial charge in [0.25, 0.3) is 0 Å². The molecular formula is C13H19N3. The lowest BCUT2D eigenvalue weighted by Crippen LogP contribution is -1.99. The van der Waals surface area contributed by atoms with Crippen LogP contribution in [-0.2, 0) is 0 Å². The molecule has 0 atom stereocenters. The first-order valence-electron chi connectivity index (χ1n) is 5.77. The Labute approximate surface area is 96.9 Å². The second-order valence-corrected chi connectivity index (χ2v) is 3.75. The number of aromatic nitrogens is 3. The molecule has 0 spiro atoms. The van der Waals surface area contributed by atoms with Crippen molar-refractivity contribution < 1.29 is 0 Å². The van der Waals surface area contributed by atoms with E-state index in [9.17, 15) is 0 Å². The molecule has 2 aromatic heterocycles. The minimum Gasteiger partial charge on any atom is -0.264 e. The molecule has 0 fully saturated rings. The minimum atomic E-state index is 0.396. The molecule has 16 heavy (non-hydrogen) atoms. The number of rotatable bonds is 1. The van der Waals surface area contributed by atoms with Crippen LogP contribution in [0.2, 0.25) is 0 Å². The van der Waals surface area contributed by atoms with Crippen LogP contribution in [0.3, 0.4) is 0 Å². The lowest BCUT2D eigenvalue weighted by atomic mass is 10.0. The highest BCUT2D eigenvalue weighted by Gasteiger charge is 2.08. The van der Waals surface area contributed by atoms with E-state index in [-0.39, 0.29) is 0 Å². The molecule has 0 saturated heterocycles. The maximum atomic E-state index is 4.23. The van der Waals surface area contributed by atoms with Crippen LogP contribution in [0.15, 0.2) is 18.5 Å². The molecule has 0 radical (unpaired) electrons. The van der Waals surface area contributed by atoms with Crippen LogP contribution in [0.5, 0.6) is 0 Å². The van der Waals surface area contributed by atoms with Crippen molar-refractivity contribution in [2.45, 2.75) is 40.5 Å². The molecular weight excluding hydrogens is 198 g/mol. The average Bonchev–Trinajstić information content (AvgIpc) is 2.32. The standard InChI is InChI=1S/C11H13N3.C2H6/c1-7(2)11-9-4-5-12-6-10(9)8(3)13-14-11;1-2/h4-7H,1-3H3;1-2H3. The summed E-state index contributed by atoms with van der Waals surface area (Å²) < 4.78 is 0. The Balaban J connectivity index is 0.000000606. The van der Waals surface area contributed by atoms with Gasteiger partial charge >= 0.3 is 0 Å². The monoisotopic (exact) mass is 217 g/mol. The number of pyridine rings is 1. The summed E-state index contributed by atoms with van der Waals surface area (Å²) in [6, 6.07) is 2.01. The Morgan fingerprint density at radius 2 is 1.75 bits per heavy atom. The van der Waals surface area contributed by atoms with Crippen molar-refractivity contribution in [3.8, 4) is 0 Å². The Morgan fingerprint density at radius 3 is 2.38 bits per heavy atom. The van der Waals surface area contributed by atoms with E-state index in [1.165, 1.54) is 5.39 Å². The number of nitrogens with zero attached hydrogens (tertiary/aromatic N) is 3. The topological polar surface area (TPSA) is 38.7 Å². The summed E-state index contributed by atoms with van der Waals surface area (Å²) in [6.45, 7) is 10.2. The van der Waals surface area contributed by atoms with Crippen LogP contribution in [0.25, 0.3) is 10.8 Å². The van der Waals surface area contributed by atoms with Gasteiger partial charge in [0.1, 0.15) is 0 Å². The van der Waals surface area contributed by atoms with Crippen LogP contribution in [0.4, 0.5) is 0 Å². The van der Waals surface area contributed by atoms with Crippen LogP contribution in [0.1, 0.15) is 45.0 Å². The minimum absolute atomic E-state index is 0.396. The van der Waals surface area contributed by atoms with Gasteiger partial charge in [0.15, 0.2) is 0 Å². The van der Waals surface area contributed by atoms with Gasteiger partial charge in [0, 0.05) is 23.2 Å². The third kappa shape index (κ3) is 2.35. The Morgan fingerprint density at radius 1 is 1.06 bits per heavy atom. The predicted molar refractivity (Wildman–Crippen MR) is 67.5 cm³/mol. The first kappa shape index (κ1) is 12.6. The largest absolute Gasteiger partial charge is 0.264 e. The zero-order valence-corrected chi connectivity index (χ0v) is 10.7. The van der Waals surface area contributed by atoms with E-state index in [0.29, 0.717) is 5.92 Å². The first-order chi connectivity index (χ1) is 7.70. The molecule has 3 nitrogen and oxygen atoms in total. The molecule has 0 amide bonds. The maximum absolute atomic E-state index is 4.23. The fourth-order valence-corrected chi connectivity index (χ4v) is 1.57. The zero-order valence-electron chi connectivity index (χ0n) is 10.7. The predicted octanol–water partition coefficient (Wildman–Crippen LogP) is 3.48. The summed E-state index contributed by atoms with van der Waals surface area (Å²) in [5, 5.41) is 10.6. The third-order valence-corrected chi connectivity index (χ3v) is 2.34. The maximum Gasteiger partial charge on any atom is 0.0735 e. The molecule has 0 aliphatic carbocycles. The van der Waals surface area contributed by atoms with Crippen molar-refractivity contribution in [2.75, 3.05) is 0 Å². The van der Waals surface area contributed by atoms with E-state index in [1.807, 2.05) is 33.0 Å². The highest BCUT2D eigenvalue weighted by molar-refractivity contribution is 5.85. The summed E-state index contributed by atoms with van der Waals surface area (Å²) in [5.41, 5.74) is 1.99. The number of aryl methyl sites for hydroxylation is 1. The van der Waals surface area contributed by atoms with Gasteiger partial charge in [-0.1, -0.05) is 27.7 Å². The molecule has 2 aromatic rings. The van der Waals surface area contributed by atoms with E-state index in [2.05, 4.69) is 29.0 Å².